The molecule has 0 aromatic heterocycles. The van der Waals surface area contributed by atoms with E-state index in [9.17, 15) is 4.79 Å². The molecule has 3 rings (SSSR count). The molecule has 32 heavy (non-hydrogen) atoms. The molecule has 0 radical (unpaired) electrons. The summed E-state index contributed by atoms with van der Waals surface area (Å²) >= 11 is 6.12. The van der Waals surface area contributed by atoms with Gasteiger partial charge in [0.2, 0.25) is 0 Å². The Morgan fingerprint density at radius 1 is 1.25 bits per heavy atom. The van der Waals surface area contributed by atoms with E-state index in [1.165, 1.54) is 12.7 Å². The highest BCUT2D eigenvalue weighted by Gasteiger charge is 2.42. The van der Waals surface area contributed by atoms with E-state index in [4.69, 9.17) is 30.9 Å². The SMILES string of the molecule is C=C(C)[C@@H]1C[C@@H](c2ccc(Cl)cc2)[C@@H](C(C)C)O[C@H]1c1cccc(OC)c1OCC(=O)O. The summed E-state index contributed by atoms with van der Waals surface area (Å²) in [6.07, 6.45) is 0.470. The van der Waals surface area contributed by atoms with Gasteiger partial charge in [-0.15, -0.1) is 0 Å². The van der Waals surface area contributed by atoms with Gasteiger partial charge in [0.1, 0.15) is 0 Å². The number of carboxylic acids is 1. The lowest BCUT2D eigenvalue weighted by molar-refractivity contribution is -0.139. The van der Waals surface area contributed by atoms with Crippen molar-refractivity contribution in [3.63, 3.8) is 0 Å². The summed E-state index contributed by atoms with van der Waals surface area (Å²) in [5.41, 5.74) is 2.97. The molecule has 0 spiro atoms. The van der Waals surface area contributed by atoms with Crippen LogP contribution in [0.4, 0.5) is 0 Å². The van der Waals surface area contributed by atoms with Gasteiger partial charge in [-0.05, 0) is 43.0 Å². The molecule has 0 saturated carbocycles. The van der Waals surface area contributed by atoms with Crippen LogP contribution in [0.15, 0.2) is 54.6 Å². The van der Waals surface area contributed by atoms with Crippen LogP contribution in [-0.2, 0) is 9.53 Å². The van der Waals surface area contributed by atoms with E-state index >= 15 is 0 Å². The Morgan fingerprint density at radius 2 is 1.94 bits per heavy atom. The fourth-order valence-corrected chi connectivity index (χ4v) is 4.63. The molecule has 0 bridgehead atoms. The molecular formula is C26H31ClO5. The number of methoxy groups -OCH3 is 1. The van der Waals surface area contributed by atoms with Crippen LogP contribution in [0.5, 0.6) is 11.5 Å². The summed E-state index contributed by atoms with van der Waals surface area (Å²) in [5, 5.41) is 9.86. The third-order valence-corrected chi connectivity index (χ3v) is 6.29. The van der Waals surface area contributed by atoms with E-state index in [0.29, 0.717) is 16.5 Å². The smallest absolute Gasteiger partial charge is 0.341 e. The molecule has 2 aromatic rings. The minimum absolute atomic E-state index is 0.0185. The summed E-state index contributed by atoms with van der Waals surface area (Å²) in [5.74, 6) is 0.294. The quantitative estimate of drug-likeness (QED) is 0.472. The lowest BCUT2D eigenvalue weighted by Crippen LogP contribution is -2.39. The number of ether oxygens (including phenoxy) is 3. The molecule has 1 heterocycles. The van der Waals surface area contributed by atoms with Crippen molar-refractivity contribution >= 4 is 17.6 Å². The normalized spacial score (nSPS) is 23.1. The fourth-order valence-electron chi connectivity index (χ4n) is 4.50. The molecule has 1 fully saturated rings. The third-order valence-electron chi connectivity index (χ3n) is 6.04. The second-order valence-corrected chi connectivity index (χ2v) is 9.11. The highest BCUT2D eigenvalue weighted by molar-refractivity contribution is 6.30. The van der Waals surface area contributed by atoms with Gasteiger partial charge in [-0.3, -0.25) is 0 Å². The molecule has 1 saturated heterocycles. The van der Waals surface area contributed by atoms with E-state index in [1.807, 2.05) is 31.2 Å². The van der Waals surface area contributed by atoms with Crippen molar-refractivity contribution in [3.05, 3.63) is 70.8 Å². The molecular weight excluding hydrogens is 428 g/mol. The average molecular weight is 459 g/mol. The number of carboxylic acid groups (broad SMARTS) is 1. The lowest BCUT2D eigenvalue weighted by Gasteiger charge is -2.44. The molecule has 172 valence electrons. The number of aliphatic carboxylic acids is 1. The second-order valence-electron chi connectivity index (χ2n) is 8.67. The van der Waals surface area contributed by atoms with E-state index < -0.39 is 12.6 Å². The minimum Gasteiger partial charge on any atom is -0.493 e. The third kappa shape index (κ3) is 5.28. The summed E-state index contributed by atoms with van der Waals surface area (Å²) < 4.78 is 17.9. The van der Waals surface area contributed by atoms with Gasteiger partial charge < -0.3 is 19.3 Å². The predicted octanol–water partition coefficient (Wildman–Crippen LogP) is 6.27. The lowest BCUT2D eigenvalue weighted by atomic mass is 9.73. The summed E-state index contributed by atoms with van der Waals surface area (Å²) in [6, 6.07) is 13.5. The van der Waals surface area contributed by atoms with Crippen molar-refractivity contribution in [3.8, 4) is 11.5 Å². The van der Waals surface area contributed by atoms with Crippen molar-refractivity contribution in [2.45, 2.75) is 45.3 Å². The van der Waals surface area contributed by atoms with Gasteiger partial charge in [-0.25, -0.2) is 4.79 Å². The summed E-state index contributed by atoms with van der Waals surface area (Å²) in [6.45, 7) is 10.1. The largest absolute Gasteiger partial charge is 0.493 e. The fraction of sp³-hybridized carbons (Fsp3) is 0.423. The Kier molecular flexibility index (Phi) is 7.86. The van der Waals surface area contributed by atoms with Gasteiger partial charge in [0, 0.05) is 22.4 Å². The summed E-state index contributed by atoms with van der Waals surface area (Å²) in [4.78, 5) is 11.2. The first-order valence-corrected chi connectivity index (χ1v) is 11.2. The highest BCUT2D eigenvalue weighted by Crippen LogP contribution is 2.51. The zero-order valence-corrected chi connectivity index (χ0v) is 19.8. The number of rotatable bonds is 8. The van der Waals surface area contributed by atoms with Crippen LogP contribution in [-0.4, -0.2) is 30.9 Å². The molecule has 1 aliphatic heterocycles. The van der Waals surface area contributed by atoms with Gasteiger partial charge in [-0.1, -0.05) is 61.9 Å². The van der Waals surface area contributed by atoms with Crippen molar-refractivity contribution in [1.29, 1.82) is 0 Å². The van der Waals surface area contributed by atoms with Crippen molar-refractivity contribution in [2.75, 3.05) is 13.7 Å². The Hall–Kier alpha value is -2.50. The van der Waals surface area contributed by atoms with Gasteiger partial charge in [-0.2, -0.15) is 0 Å². The maximum absolute atomic E-state index is 11.2. The number of hydrogen-bond donors (Lipinski definition) is 1. The van der Waals surface area contributed by atoms with E-state index in [0.717, 1.165) is 17.6 Å². The number of benzene rings is 2. The first kappa shape index (κ1) is 24.1. The van der Waals surface area contributed by atoms with Crippen molar-refractivity contribution < 1.29 is 24.1 Å². The Morgan fingerprint density at radius 3 is 2.50 bits per heavy atom. The molecule has 0 amide bonds. The van der Waals surface area contributed by atoms with Gasteiger partial charge >= 0.3 is 5.97 Å². The zero-order valence-electron chi connectivity index (χ0n) is 19.0. The Bertz CT molecular complexity index is 953. The Labute approximate surface area is 195 Å². The van der Waals surface area contributed by atoms with Crippen LogP contribution in [0.25, 0.3) is 0 Å². The molecule has 1 N–H and O–H groups in total. The van der Waals surface area contributed by atoms with Crippen LogP contribution in [0.1, 0.15) is 50.3 Å². The van der Waals surface area contributed by atoms with Crippen molar-refractivity contribution in [2.24, 2.45) is 11.8 Å². The standard InChI is InChI=1S/C26H31ClO5/c1-15(2)20-13-21(17-9-11-18(27)12-10-17)24(16(3)4)32-25(20)19-7-6-8-22(30-5)26(19)31-14-23(28)29/h6-12,16,20-21,24-25H,1,13-14H2,2-5H3,(H,28,29)/t20-,21-,24+,25-/m0/s1. The van der Waals surface area contributed by atoms with E-state index in [2.05, 4.69) is 32.6 Å². The minimum atomic E-state index is -1.05. The average Bonchev–Trinajstić information content (AvgIpc) is 2.76. The number of para-hydroxylation sites is 1. The molecule has 5 nitrogen and oxygen atoms in total. The van der Waals surface area contributed by atoms with Crippen LogP contribution >= 0.6 is 11.6 Å². The molecule has 4 atom stereocenters. The molecule has 6 heteroatoms. The topological polar surface area (TPSA) is 65.0 Å². The Balaban J connectivity index is 2.04. The maximum atomic E-state index is 11.2. The molecule has 0 unspecified atom stereocenters. The van der Waals surface area contributed by atoms with Gasteiger partial charge in [0.05, 0.1) is 19.3 Å². The van der Waals surface area contributed by atoms with Crippen LogP contribution in [0.2, 0.25) is 5.02 Å². The highest BCUT2D eigenvalue weighted by atomic mass is 35.5. The van der Waals surface area contributed by atoms with Crippen LogP contribution in [0.3, 0.4) is 0 Å². The summed E-state index contributed by atoms with van der Waals surface area (Å²) in [7, 11) is 1.54. The number of carbonyl (C=O) groups is 1. The predicted molar refractivity (Wildman–Crippen MR) is 126 cm³/mol. The molecule has 0 aliphatic carbocycles. The molecule has 2 aromatic carbocycles. The number of hydrogen-bond acceptors (Lipinski definition) is 4. The first-order chi connectivity index (χ1) is 15.2. The van der Waals surface area contributed by atoms with E-state index in [-0.39, 0.29) is 30.0 Å². The monoisotopic (exact) mass is 458 g/mol. The first-order valence-electron chi connectivity index (χ1n) is 10.8. The van der Waals surface area contributed by atoms with Crippen molar-refractivity contribution in [1.82, 2.24) is 0 Å². The van der Waals surface area contributed by atoms with Crippen LogP contribution < -0.4 is 9.47 Å². The van der Waals surface area contributed by atoms with E-state index in [1.54, 1.807) is 6.07 Å². The maximum Gasteiger partial charge on any atom is 0.341 e. The van der Waals surface area contributed by atoms with Crippen LogP contribution in [0, 0.1) is 11.8 Å². The van der Waals surface area contributed by atoms with Gasteiger partial charge in [0.25, 0.3) is 0 Å². The van der Waals surface area contributed by atoms with Gasteiger partial charge in [0.15, 0.2) is 18.1 Å². The number of halogens is 1. The molecule has 1 aliphatic rings. The second kappa shape index (κ2) is 10.4. The zero-order chi connectivity index (χ0) is 23.4.